The van der Waals surface area contributed by atoms with Crippen molar-refractivity contribution in [2.45, 2.75) is 51.2 Å². The summed E-state index contributed by atoms with van der Waals surface area (Å²) in [7, 11) is 0. The van der Waals surface area contributed by atoms with Crippen molar-refractivity contribution in [2.75, 3.05) is 19.6 Å². The van der Waals surface area contributed by atoms with Crippen LogP contribution in [-0.2, 0) is 6.54 Å². The van der Waals surface area contributed by atoms with Crippen molar-refractivity contribution in [2.24, 2.45) is 0 Å². The van der Waals surface area contributed by atoms with Gasteiger partial charge in [0, 0.05) is 25.0 Å². The molecule has 0 spiro atoms. The lowest BCUT2D eigenvalue weighted by molar-refractivity contribution is 0.0769. The van der Waals surface area contributed by atoms with Crippen LogP contribution in [0.4, 0.5) is 0 Å². The van der Waals surface area contributed by atoms with E-state index in [2.05, 4.69) is 22.1 Å². The Morgan fingerprint density at radius 2 is 2.20 bits per heavy atom. The molecule has 0 aliphatic carbocycles. The van der Waals surface area contributed by atoms with Crippen molar-refractivity contribution >= 4 is 5.78 Å². The van der Waals surface area contributed by atoms with Crippen molar-refractivity contribution in [3.8, 4) is 0 Å². The van der Waals surface area contributed by atoms with Crippen LogP contribution in [0.15, 0.2) is 12.4 Å². The maximum atomic E-state index is 12.8. The van der Waals surface area contributed by atoms with Gasteiger partial charge in [0.05, 0.1) is 6.04 Å². The lowest BCUT2D eigenvalue weighted by Gasteiger charge is -2.35. The Hall–Kier alpha value is -1.20. The van der Waals surface area contributed by atoms with Crippen LogP contribution in [0.5, 0.6) is 0 Å². The fourth-order valence-corrected chi connectivity index (χ4v) is 3.58. The number of hydrogen-bond acceptors (Lipinski definition) is 4. The van der Waals surface area contributed by atoms with Crippen LogP contribution in [0.2, 0.25) is 0 Å². The highest BCUT2D eigenvalue weighted by Crippen LogP contribution is 2.26. The Morgan fingerprint density at radius 3 is 2.95 bits per heavy atom. The molecule has 1 aromatic heterocycles. The number of ketones is 1. The Labute approximate surface area is 120 Å². The van der Waals surface area contributed by atoms with Crippen LogP contribution in [-0.4, -0.2) is 52.0 Å². The lowest BCUT2D eigenvalue weighted by atomic mass is 10.0. The molecule has 20 heavy (non-hydrogen) atoms. The molecule has 0 radical (unpaired) electrons. The zero-order valence-corrected chi connectivity index (χ0v) is 12.2. The predicted molar refractivity (Wildman–Crippen MR) is 77.9 cm³/mol. The van der Waals surface area contributed by atoms with Crippen LogP contribution in [0, 0.1) is 0 Å². The summed E-state index contributed by atoms with van der Waals surface area (Å²) in [5.41, 5.74) is 0. The van der Waals surface area contributed by atoms with Crippen molar-refractivity contribution in [1.29, 1.82) is 0 Å². The summed E-state index contributed by atoms with van der Waals surface area (Å²) in [6.45, 7) is 6.07. The monoisotopic (exact) mass is 276 g/mol. The van der Waals surface area contributed by atoms with E-state index in [4.69, 9.17) is 0 Å². The first kappa shape index (κ1) is 13.8. The molecule has 5 nitrogen and oxygen atoms in total. The highest BCUT2D eigenvalue weighted by molar-refractivity contribution is 5.97. The summed E-state index contributed by atoms with van der Waals surface area (Å²) in [6, 6.07) is 0.614. The maximum Gasteiger partial charge on any atom is 0.215 e. The van der Waals surface area contributed by atoms with Crippen molar-refractivity contribution in [3.05, 3.63) is 18.2 Å². The van der Waals surface area contributed by atoms with Crippen molar-refractivity contribution in [1.82, 2.24) is 19.8 Å². The largest absolute Gasteiger partial charge is 0.329 e. The maximum absolute atomic E-state index is 12.8. The molecule has 1 atom stereocenters. The Morgan fingerprint density at radius 1 is 1.40 bits per heavy atom. The van der Waals surface area contributed by atoms with Crippen molar-refractivity contribution < 1.29 is 4.79 Å². The zero-order valence-electron chi connectivity index (χ0n) is 12.2. The van der Waals surface area contributed by atoms with Crippen LogP contribution < -0.4 is 5.32 Å². The second kappa shape index (κ2) is 6.06. The van der Waals surface area contributed by atoms with Gasteiger partial charge in [-0.05, 0) is 52.2 Å². The second-order valence-corrected chi connectivity index (χ2v) is 5.78. The molecular weight excluding hydrogens is 252 g/mol. The summed E-state index contributed by atoms with van der Waals surface area (Å²) in [5, 5.41) is 3.40. The van der Waals surface area contributed by atoms with E-state index >= 15 is 0 Å². The average Bonchev–Trinajstić information content (AvgIpc) is 3.16. The van der Waals surface area contributed by atoms with Gasteiger partial charge in [0.2, 0.25) is 5.78 Å². The SMILES string of the molecule is CCn1ccnc1C(=O)C1CCCN1C1CCNCC1. The van der Waals surface area contributed by atoms with Crippen LogP contribution in [0.3, 0.4) is 0 Å². The highest BCUT2D eigenvalue weighted by atomic mass is 16.1. The molecule has 0 amide bonds. The first-order valence-electron chi connectivity index (χ1n) is 7.83. The zero-order chi connectivity index (χ0) is 13.9. The quantitative estimate of drug-likeness (QED) is 0.842. The number of rotatable bonds is 4. The summed E-state index contributed by atoms with van der Waals surface area (Å²) in [4.78, 5) is 19.5. The number of imidazole rings is 1. The van der Waals surface area contributed by atoms with Gasteiger partial charge in [0.15, 0.2) is 5.82 Å². The van der Waals surface area contributed by atoms with E-state index in [9.17, 15) is 4.79 Å². The lowest BCUT2D eigenvalue weighted by Crippen LogP contribution is -2.48. The van der Waals surface area contributed by atoms with E-state index < -0.39 is 0 Å². The third kappa shape index (κ3) is 2.52. The number of Topliss-reactive ketones (excluding diaryl/α,β-unsaturated/α-hetero) is 1. The molecule has 2 aliphatic rings. The van der Waals surface area contributed by atoms with E-state index in [1.807, 2.05) is 10.8 Å². The smallest absolute Gasteiger partial charge is 0.215 e. The fraction of sp³-hybridized carbons (Fsp3) is 0.733. The van der Waals surface area contributed by atoms with Gasteiger partial charge >= 0.3 is 0 Å². The minimum atomic E-state index is 0.0470. The molecule has 2 saturated heterocycles. The molecule has 0 bridgehead atoms. The molecule has 110 valence electrons. The normalized spacial score (nSPS) is 25.1. The minimum Gasteiger partial charge on any atom is -0.329 e. The molecule has 3 rings (SSSR count). The fourth-order valence-electron chi connectivity index (χ4n) is 3.58. The molecule has 0 aromatic carbocycles. The van der Waals surface area contributed by atoms with Gasteiger partial charge in [-0.2, -0.15) is 0 Å². The van der Waals surface area contributed by atoms with E-state index in [0.29, 0.717) is 11.9 Å². The van der Waals surface area contributed by atoms with Gasteiger partial charge in [-0.25, -0.2) is 4.98 Å². The minimum absolute atomic E-state index is 0.0470. The number of aromatic nitrogens is 2. The number of nitrogens with one attached hydrogen (secondary N) is 1. The van der Waals surface area contributed by atoms with Crippen molar-refractivity contribution in [3.63, 3.8) is 0 Å². The number of piperidine rings is 1. The average molecular weight is 276 g/mol. The molecule has 0 saturated carbocycles. The van der Waals surface area contributed by atoms with Crippen LogP contribution in [0.1, 0.15) is 43.2 Å². The van der Waals surface area contributed by atoms with Gasteiger partial charge in [0.25, 0.3) is 0 Å². The van der Waals surface area contributed by atoms with Gasteiger partial charge < -0.3 is 9.88 Å². The van der Waals surface area contributed by atoms with Gasteiger partial charge in [-0.15, -0.1) is 0 Å². The molecule has 1 aromatic rings. The summed E-state index contributed by atoms with van der Waals surface area (Å²) >= 11 is 0. The number of hydrogen-bond donors (Lipinski definition) is 1. The summed E-state index contributed by atoms with van der Waals surface area (Å²) < 4.78 is 1.96. The second-order valence-electron chi connectivity index (χ2n) is 5.78. The molecule has 2 aliphatic heterocycles. The number of carbonyl (C=O) groups is 1. The summed E-state index contributed by atoms with van der Waals surface area (Å²) in [5.74, 6) is 0.853. The van der Waals surface area contributed by atoms with Crippen LogP contribution in [0.25, 0.3) is 0 Å². The highest BCUT2D eigenvalue weighted by Gasteiger charge is 2.37. The molecular formula is C15H24N4O. The number of aryl methyl sites for hydroxylation is 1. The first-order chi connectivity index (χ1) is 9.81. The van der Waals surface area contributed by atoms with E-state index in [1.165, 1.54) is 0 Å². The van der Waals surface area contributed by atoms with E-state index in [-0.39, 0.29) is 11.8 Å². The standard InChI is InChI=1S/C15H24N4O/c1-2-18-11-9-17-15(18)14(20)13-4-3-10-19(13)12-5-7-16-8-6-12/h9,11-13,16H,2-8,10H2,1H3. The molecule has 1 unspecified atom stereocenters. The molecule has 5 heteroatoms. The number of nitrogens with zero attached hydrogens (tertiary/aromatic N) is 3. The Bertz CT molecular complexity index is 464. The third-order valence-corrected chi connectivity index (χ3v) is 4.65. The number of carbonyl (C=O) groups excluding carboxylic acids is 1. The van der Waals surface area contributed by atoms with Crippen LogP contribution >= 0.6 is 0 Å². The van der Waals surface area contributed by atoms with E-state index in [1.54, 1.807) is 6.20 Å². The third-order valence-electron chi connectivity index (χ3n) is 4.65. The molecule has 2 fully saturated rings. The Balaban J connectivity index is 1.76. The first-order valence-corrected chi connectivity index (χ1v) is 7.83. The molecule has 1 N–H and O–H groups in total. The molecule has 3 heterocycles. The summed E-state index contributed by atoms with van der Waals surface area (Å²) in [6.07, 6.45) is 8.07. The Kier molecular flexibility index (Phi) is 4.17. The van der Waals surface area contributed by atoms with E-state index in [0.717, 1.165) is 51.9 Å². The van der Waals surface area contributed by atoms with Gasteiger partial charge in [-0.3, -0.25) is 9.69 Å². The van der Waals surface area contributed by atoms with Gasteiger partial charge in [-0.1, -0.05) is 0 Å². The number of likely N-dealkylation sites (tertiary alicyclic amines) is 1. The topological polar surface area (TPSA) is 50.2 Å². The van der Waals surface area contributed by atoms with Gasteiger partial charge in [0.1, 0.15) is 0 Å². The predicted octanol–water partition coefficient (Wildman–Crippen LogP) is 1.30.